The van der Waals surface area contributed by atoms with Crippen LogP contribution in [0.3, 0.4) is 0 Å². The Bertz CT molecular complexity index is 929. The number of pyridine rings is 1. The first kappa shape index (κ1) is 19.5. The summed E-state index contributed by atoms with van der Waals surface area (Å²) in [5, 5.41) is 6.52. The number of fused-ring (bicyclic) bond motifs is 2. The number of carbonyl (C=O) groups is 2. The summed E-state index contributed by atoms with van der Waals surface area (Å²) in [4.78, 5) is 33.9. The Morgan fingerprint density at radius 2 is 2.10 bits per heavy atom. The van der Waals surface area contributed by atoms with E-state index in [2.05, 4.69) is 27.4 Å². The molecule has 2 N–H and O–H groups in total. The molecule has 0 saturated carbocycles. The largest absolute Gasteiger partial charge is 0.338 e. The lowest BCUT2D eigenvalue weighted by Crippen LogP contribution is -2.39. The van der Waals surface area contributed by atoms with Gasteiger partial charge in [-0.2, -0.15) is 0 Å². The van der Waals surface area contributed by atoms with Gasteiger partial charge in [0.25, 0.3) is 5.91 Å². The Morgan fingerprint density at radius 1 is 1.28 bits per heavy atom. The average molecular weight is 393 g/mol. The van der Waals surface area contributed by atoms with Gasteiger partial charge in [0.1, 0.15) is 5.69 Å². The Kier molecular flexibility index (Phi) is 5.60. The lowest BCUT2D eigenvalue weighted by Gasteiger charge is -2.22. The highest BCUT2D eigenvalue weighted by Gasteiger charge is 2.26. The van der Waals surface area contributed by atoms with Gasteiger partial charge in [-0.3, -0.25) is 14.5 Å². The number of ketones is 1. The lowest BCUT2D eigenvalue weighted by molar-refractivity contribution is 0.0981. The third-order valence-electron chi connectivity index (χ3n) is 5.81. The number of benzene rings is 1. The van der Waals surface area contributed by atoms with Gasteiger partial charge in [0.15, 0.2) is 11.6 Å². The van der Waals surface area contributed by atoms with E-state index in [0.717, 1.165) is 19.6 Å². The normalized spacial score (nSPS) is 18.8. The standard InChI is InChI=1S/C22H27N5O2/c1-3-27-12-6-7-15(27)13-23-14-20(28)18-10-11-19-21(25-18)24-17-9-5-4-8-16(17)22(29)26(19)2/h4-5,8-11,15,23H,3,6-7,12-14H2,1-2H3,(H,24,25). The summed E-state index contributed by atoms with van der Waals surface area (Å²) in [5.74, 6) is 0.359. The van der Waals surface area contributed by atoms with Gasteiger partial charge in [0.05, 0.1) is 23.5 Å². The maximum Gasteiger partial charge on any atom is 0.260 e. The van der Waals surface area contributed by atoms with Crippen molar-refractivity contribution in [3.63, 3.8) is 0 Å². The molecule has 0 aliphatic carbocycles. The molecular formula is C22H27N5O2. The maximum absolute atomic E-state index is 12.7. The van der Waals surface area contributed by atoms with Gasteiger partial charge >= 0.3 is 0 Å². The van der Waals surface area contributed by atoms with Gasteiger partial charge in [-0.1, -0.05) is 19.1 Å². The third-order valence-corrected chi connectivity index (χ3v) is 5.81. The molecule has 2 aliphatic heterocycles. The first-order chi connectivity index (χ1) is 14.1. The molecule has 152 valence electrons. The van der Waals surface area contributed by atoms with E-state index < -0.39 is 0 Å². The lowest BCUT2D eigenvalue weighted by atomic mass is 10.1. The summed E-state index contributed by atoms with van der Waals surface area (Å²) >= 11 is 0. The highest BCUT2D eigenvalue weighted by molar-refractivity contribution is 6.13. The highest BCUT2D eigenvalue weighted by atomic mass is 16.2. The van der Waals surface area contributed by atoms with Gasteiger partial charge in [0, 0.05) is 19.6 Å². The summed E-state index contributed by atoms with van der Waals surface area (Å²) in [6.45, 7) is 5.43. The molecular weight excluding hydrogens is 366 g/mol. The number of likely N-dealkylation sites (tertiary alicyclic amines) is 1. The van der Waals surface area contributed by atoms with Crippen LogP contribution in [0.1, 0.15) is 40.6 Å². The van der Waals surface area contributed by atoms with Crippen molar-refractivity contribution in [1.82, 2.24) is 15.2 Å². The molecule has 2 aliphatic rings. The quantitative estimate of drug-likeness (QED) is 0.735. The molecule has 2 aromatic rings. The van der Waals surface area contributed by atoms with Gasteiger partial charge in [-0.05, 0) is 50.2 Å². The Labute approximate surface area is 171 Å². The van der Waals surface area contributed by atoms with E-state index in [-0.39, 0.29) is 18.2 Å². The number of amides is 1. The van der Waals surface area contributed by atoms with Crippen molar-refractivity contribution in [3.8, 4) is 0 Å². The van der Waals surface area contributed by atoms with Gasteiger partial charge in [-0.15, -0.1) is 0 Å². The zero-order valence-corrected chi connectivity index (χ0v) is 16.9. The van der Waals surface area contributed by atoms with Crippen LogP contribution < -0.4 is 15.5 Å². The van der Waals surface area contributed by atoms with E-state index in [1.165, 1.54) is 12.8 Å². The fourth-order valence-corrected chi connectivity index (χ4v) is 4.15. The van der Waals surface area contributed by atoms with Crippen molar-refractivity contribution in [2.45, 2.75) is 25.8 Å². The van der Waals surface area contributed by atoms with Crippen LogP contribution in [0.15, 0.2) is 36.4 Å². The molecule has 7 nitrogen and oxygen atoms in total. The summed E-state index contributed by atoms with van der Waals surface area (Å²) < 4.78 is 0. The van der Waals surface area contributed by atoms with Crippen molar-refractivity contribution >= 4 is 28.9 Å². The molecule has 4 rings (SSSR count). The summed E-state index contributed by atoms with van der Waals surface area (Å²) in [5.41, 5.74) is 2.32. The van der Waals surface area contributed by atoms with E-state index in [9.17, 15) is 9.59 Å². The topological polar surface area (TPSA) is 77.6 Å². The van der Waals surface area contributed by atoms with E-state index >= 15 is 0 Å². The van der Waals surface area contributed by atoms with E-state index in [0.29, 0.717) is 34.5 Å². The molecule has 7 heteroatoms. The first-order valence-electron chi connectivity index (χ1n) is 10.2. The number of likely N-dealkylation sites (N-methyl/N-ethyl adjacent to an activating group) is 1. The molecule has 0 radical (unpaired) electrons. The van der Waals surface area contributed by atoms with Gasteiger partial charge < -0.3 is 15.5 Å². The van der Waals surface area contributed by atoms with Gasteiger partial charge in [0.2, 0.25) is 0 Å². The van der Waals surface area contributed by atoms with E-state index in [1.807, 2.05) is 18.2 Å². The van der Waals surface area contributed by atoms with Crippen LogP contribution in [-0.2, 0) is 0 Å². The van der Waals surface area contributed by atoms with Crippen molar-refractivity contribution < 1.29 is 9.59 Å². The van der Waals surface area contributed by atoms with E-state index in [1.54, 1.807) is 30.1 Å². The SMILES string of the molecule is CCN1CCCC1CNCC(=O)c1ccc2c(n1)Nc1ccccc1C(=O)N2C. The summed E-state index contributed by atoms with van der Waals surface area (Å²) in [6, 6.07) is 11.3. The Morgan fingerprint density at radius 3 is 2.93 bits per heavy atom. The van der Waals surface area contributed by atoms with Crippen molar-refractivity contribution in [2.75, 3.05) is 43.4 Å². The molecule has 1 aromatic heterocycles. The molecule has 1 fully saturated rings. The number of hydrogen-bond acceptors (Lipinski definition) is 6. The number of rotatable bonds is 6. The van der Waals surface area contributed by atoms with Crippen LogP contribution in [0, 0.1) is 0 Å². The second kappa shape index (κ2) is 8.31. The molecule has 1 atom stereocenters. The molecule has 1 aromatic carbocycles. The predicted molar refractivity (Wildman–Crippen MR) is 114 cm³/mol. The number of aromatic nitrogens is 1. The van der Waals surface area contributed by atoms with Crippen LogP contribution in [0.25, 0.3) is 0 Å². The molecule has 29 heavy (non-hydrogen) atoms. The Hall–Kier alpha value is -2.77. The molecule has 3 heterocycles. The number of para-hydroxylation sites is 1. The summed E-state index contributed by atoms with van der Waals surface area (Å²) in [6.07, 6.45) is 2.40. The highest BCUT2D eigenvalue weighted by Crippen LogP contribution is 2.33. The van der Waals surface area contributed by atoms with Crippen molar-refractivity contribution in [1.29, 1.82) is 0 Å². The zero-order chi connectivity index (χ0) is 20.4. The smallest absolute Gasteiger partial charge is 0.260 e. The summed E-state index contributed by atoms with van der Waals surface area (Å²) in [7, 11) is 1.72. The van der Waals surface area contributed by atoms with E-state index in [4.69, 9.17) is 0 Å². The molecule has 1 amide bonds. The van der Waals surface area contributed by atoms with Crippen LogP contribution in [0.5, 0.6) is 0 Å². The second-order valence-electron chi connectivity index (χ2n) is 7.58. The minimum Gasteiger partial charge on any atom is -0.338 e. The van der Waals surface area contributed by atoms with Crippen LogP contribution in [-0.4, -0.2) is 60.8 Å². The average Bonchev–Trinajstić information content (AvgIpc) is 3.16. The molecule has 0 spiro atoms. The minimum atomic E-state index is -0.105. The van der Waals surface area contributed by atoms with Crippen molar-refractivity contribution in [2.24, 2.45) is 0 Å². The fourth-order valence-electron chi connectivity index (χ4n) is 4.15. The van der Waals surface area contributed by atoms with Gasteiger partial charge in [-0.25, -0.2) is 4.98 Å². The molecule has 1 unspecified atom stereocenters. The monoisotopic (exact) mass is 393 g/mol. The van der Waals surface area contributed by atoms with Crippen molar-refractivity contribution in [3.05, 3.63) is 47.7 Å². The maximum atomic E-state index is 12.7. The molecule has 1 saturated heterocycles. The zero-order valence-electron chi connectivity index (χ0n) is 16.9. The number of Topliss-reactive ketones (excluding diaryl/α,β-unsaturated/α-hetero) is 1. The van der Waals surface area contributed by atoms with Crippen LogP contribution in [0.2, 0.25) is 0 Å². The number of nitrogens with one attached hydrogen (secondary N) is 2. The van der Waals surface area contributed by atoms with Crippen LogP contribution in [0.4, 0.5) is 17.2 Å². The second-order valence-corrected chi connectivity index (χ2v) is 7.58. The third kappa shape index (κ3) is 3.88. The number of anilines is 3. The first-order valence-corrected chi connectivity index (χ1v) is 10.2. The number of hydrogen-bond donors (Lipinski definition) is 2. The predicted octanol–water partition coefficient (Wildman–Crippen LogP) is 2.67. The Balaban J connectivity index is 1.47. The fraction of sp³-hybridized carbons (Fsp3) is 0.409. The molecule has 0 bridgehead atoms. The number of nitrogens with zero attached hydrogens (tertiary/aromatic N) is 3. The minimum absolute atomic E-state index is 0.0536. The van der Waals surface area contributed by atoms with Crippen LogP contribution >= 0.6 is 0 Å². The number of carbonyl (C=O) groups excluding carboxylic acids is 2.